The monoisotopic (exact) mass is 423 g/mol. The third kappa shape index (κ3) is 5.00. The summed E-state index contributed by atoms with van der Waals surface area (Å²) in [5.74, 6) is 0.863. The van der Waals surface area contributed by atoms with Crippen molar-refractivity contribution in [2.45, 2.75) is 84.7 Å². The molecule has 0 radical (unpaired) electrons. The van der Waals surface area contributed by atoms with Crippen molar-refractivity contribution in [3.8, 4) is 0 Å². The summed E-state index contributed by atoms with van der Waals surface area (Å²) in [6.45, 7) is 10.5. The molecule has 31 heavy (non-hydrogen) atoms. The van der Waals surface area contributed by atoms with Gasteiger partial charge in [0.1, 0.15) is 0 Å². The van der Waals surface area contributed by atoms with E-state index < -0.39 is 0 Å². The minimum Gasteiger partial charge on any atom is -0.354 e. The normalized spacial score (nSPS) is 22.0. The molecule has 1 fully saturated rings. The summed E-state index contributed by atoms with van der Waals surface area (Å²) in [6, 6.07) is 2.74. The number of carbonyl (C=O) groups is 1. The molecule has 6 nitrogen and oxygen atoms in total. The van der Waals surface area contributed by atoms with Crippen LogP contribution in [0.4, 0.5) is 0 Å². The Morgan fingerprint density at radius 2 is 2.10 bits per heavy atom. The largest absolute Gasteiger partial charge is 0.354 e. The average Bonchev–Trinajstić information content (AvgIpc) is 3.34. The summed E-state index contributed by atoms with van der Waals surface area (Å²) >= 11 is 0. The Morgan fingerprint density at radius 3 is 2.84 bits per heavy atom. The number of carbonyl (C=O) groups excluding carboxylic acids is 1. The maximum absolute atomic E-state index is 12.1. The molecule has 6 heteroatoms. The molecule has 3 heterocycles. The fourth-order valence-corrected chi connectivity index (χ4v) is 5.24. The zero-order valence-electron chi connectivity index (χ0n) is 19.5. The Kier molecular flexibility index (Phi) is 6.75. The highest BCUT2D eigenvalue weighted by atomic mass is 16.1. The lowest BCUT2D eigenvalue weighted by Crippen LogP contribution is -2.30. The van der Waals surface area contributed by atoms with E-state index >= 15 is 0 Å². The predicted molar refractivity (Wildman–Crippen MR) is 124 cm³/mol. The number of hydrogen-bond acceptors (Lipinski definition) is 4. The van der Waals surface area contributed by atoms with Crippen LogP contribution in [0.15, 0.2) is 18.2 Å². The van der Waals surface area contributed by atoms with Crippen molar-refractivity contribution in [1.29, 1.82) is 0 Å². The Labute approximate surface area is 186 Å². The number of fused-ring (bicyclic) bond motifs is 1. The van der Waals surface area contributed by atoms with Crippen molar-refractivity contribution in [1.82, 2.24) is 24.8 Å². The van der Waals surface area contributed by atoms with Crippen molar-refractivity contribution in [3.05, 3.63) is 40.9 Å². The van der Waals surface area contributed by atoms with Crippen molar-refractivity contribution in [2.24, 2.45) is 5.92 Å². The zero-order valence-corrected chi connectivity index (χ0v) is 19.5. The van der Waals surface area contributed by atoms with Crippen molar-refractivity contribution < 1.29 is 4.79 Å². The average molecular weight is 424 g/mol. The molecule has 1 aliphatic carbocycles. The number of hydrogen-bond donors (Lipinski definition) is 1. The molecule has 1 saturated heterocycles. The van der Waals surface area contributed by atoms with E-state index in [-0.39, 0.29) is 11.9 Å². The summed E-state index contributed by atoms with van der Waals surface area (Å²) in [7, 11) is 0. The lowest BCUT2D eigenvalue weighted by Gasteiger charge is -2.28. The number of nitrogens with zero attached hydrogens (tertiary/aromatic N) is 4. The maximum atomic E-state index is 12.1. The molecule has 0 unspecified atom stereocenters. The zero-order chi connectivity index (χ0) is 22.0. The van der Waals surface area contributed by atoms with Gasteiger partial charge in [-0.05, 0) is 84.2 Å². The van der Waals surface area contributed by atoms with Crippen LogP contribution in [-0.2, 0) is 11.2 Å². The van der Waals surface area contributed by atoms with Crippen molar-refractivity contribution >= 4 is 11.6 Å². The van der Waals surface area contributed by atoms with Gasteiger partial charge in [-0.25, -0.2) is 9.50 Å². The van der Waals surface area contributed by atoms with E-state index in [9.17, 15) is 4.79 Å². The van der Waals surface area contributed by atoms with E-state index in [4.69, 9.17) is 10.1 Å². The van der Waals surface area contributed by atoms with Gasteiger partial charge in [-0.15, -0.1) is 0 Å². The summed E-state index contributed by atoms with van der Waals surface area (Å²) in [5, 5.41) is 7.99. The van der Waals surface area contributed by atoms with Crippen LogP contribution in [0.5, 0.6) is 0 Å². The van der Waals surface area contributed by atoms with Crippen LogP contribution in [0, 0.1) is 19.8 Å². The maximum Gasteiger partial charge on any atom is 0.220 e. The predicted octanol–water partition coefficient (Wildman–Crippen LogP) is 4.30. The van der Waals surface area contributed by atoms with E-state index in [0.29, 0.717) is 18.9 Å². The van der Waals surface area contributed by atoms with Crippen molar-refractivity contribution in [2.75, 3.05) is 13.1 Å². The second kappa shape index (κ2) is 9.51. The lowest BCUT2D eigenvalue weighted by molar-refractivity contribution is -0.121. The summed E-state index contributed by atoms with van der Waals surface area (Å²) in [4.78, 5) is 19.6. The molecular weight excluding hydrogens is 386 g/mol. The van der Waals surface area contributed by atoms with E-state index in [1.165, 1.54) is 45.2 Å². The minimum atomic E-state index is 0.0919. The molecule has 0 aromatic carbocycles. The Hall–Kier alpha value is -2.21. The second-order valence-corrected chi connectivity index (χ2v) is 9.63. The van der Waals surface area contributed by atoms with Crippen LogP contribution in [0.2, 0.25) is 0 Å². The minimum absolute atomic E-state index is 0.0919. The molecule has 1 N–H and O–H groups in total. The fraction of sp³-hybridized carbons (Fsp3) is 0.640. The molecule has 1 aliphatic heterocycles. The number of nitrogens with one attached hydrogen (secondary N) is 1. The van der Waals surface area contributed by atoms with E-state index in [2.05, 4.69) is 35.4 Å². The molecule has 2 aliphatic rings. The highest BCUT2D eigenvalue weighted by Gasteiger charge is 2.30. The van der Waals surface area contributed by atoms with Crippen LogP contribution in [0.3, 0.4) is 0 Å². The van der Waals surface area contributed by atoms with Gasteiger partial charge in [0.25, 0.3) is 0 Å². The van der Waals surface area contributed by atoms with Crippen LogP contribution in [-0.4, -0.2) is 44.5 Å². The van der Waals surface area contributed by atoms with E-state index in [1.807, 2.05) is 25.3 Å². The molecule has 2 aromatic rings. The third-order valence-electron chi connectivity index (χ3n) is 6.81. The third-order valence-corrected chi connectivity index (χ3v) is 6.81. The number of aryl methyl sites for hydroxylation is 2. The van der Waals surface area contributed by atoms with Gasteiger partial charge in [0.2, 0.25) is 5.91 Å². The molecular formula is C25H37N5O. The van der Waals surface area contributed by atoms with Crippen LogP contribution < -0.4 is 5.32 Å². The van der Waals surface area contributed by atoms with Crippen molar-refractivity contribution in [3.63, 3.8) is 0 Å². The number of amides is 1. The van der Waals surface area contributed by atoms with Gasteiger partial charge in [0.05, 0.1) is 11.7 Å². The van der Waals surface area contributed by atoms with Gasteiger partial charge < -0.3 is 5.32 Å². The van der Waals surface area contributed by atoms with Gasteiger partial charge in [-0.3, -0.25) is 9.69 Å². The summed E-state index contributed by atoms with van der Waals surface area (Å²) in [5.41, 5.74) is 5.32. The first-order valence-corrected chi connectivity index (χ1v) is 12.0. The standard InChI is InChI=1S/C25H37N5O/c1-17(2)26-25(31)13-12-21-18(3)27-24-15-22(28-30(24)19(21)4)23-11-8-14-29(23)16-20-9-6-5-7-10-20/h5-6,15,17,20,23H,7-14,16H2,1-4H3,(H,26,31)/t20-,23+/m0/s1. The molecule has 168 valence electrons. The molecule has 0 bridgehead atoms. The lowest BCUT2D eigenvalue weighted by atomic mass is 9.93. The summed E-state index contributed by atoms with van der Waals surface area (Å²) < 4.78 is 2.00. The first kappa shape index (κ1) is 22.0. The molecule has 0 spiro atoms. The Bertz CT molecular complexity index is 960. The summed E-state index contributed by atoms with van der Waals surface area (Å²) in [6.07, 6.45) is 12.0. The smallest absolute Gasteiger partial charge is 0.220 e. The van der Waals surface area contributed by atoms with Gasteiger partial charge in [-0.2, -0.15) is 5.10 Å². The first-order valence-electron chi connectivity index (χ1n) is 12.0. The van der Waals surface area contributed by atoms with Gasteiger partial charge in [0, 0.05) is 36.5 Å². The fourth-order valence-electron chi connectivity index (χ4n) is 5.24. The molecule has 1 amide bonds. The number of rotatable bonds is 7. The number of likely N-dealkylation sites (tertiary alicyclic amines) is 1. The first-order chi connectivity index (χ1) is 14.9. The van der Waals surface area contributed by atoms with Crippen LogP contribution >= 0.6 is 0 Å². The molecule has 2 atom stereocenters. The van der Waals surface area contributed by atoms with Gasteiger partial charge >= 0.3 is 0 Å². The molecule has 4 rings (SSSR count). The highest BCUT2D eigenvalue weighted by Crippen LogP contribution is 2.34. The number of allylic oxidation sites excluding steroid dienone is 2. The Morgan fingerprint density at radius 1 is 1.26 bits per heavy atom. The topological polar surface area (TPSA) is 62.5 Å². The Balaban J connectivity index is 1.52. The van der Waals surface area contributed by atoms with Crippen LogP contribution in [0.25, 0.3) is 5.65 Å². The van der Waals surface area contributed by atoms with Gasteiger partial charge in [-0.1, -0.05) is 12.2 Å². The van der Waals surface area contributed by atoms with E-state index in [0.717, 1.165) is 34.2 Å². The van der Waals surface area contributed by atoms with Crippen LogP contribution in [0.1, 0.15) is 81.1 Å². The molecule has 0 saturated carbocycles. The SMILES string of the molecule is Cc1nc2cc([C@H]3CCCN3C[C@H]3CC=CCC3)nn2c(C)c1CCC(=O)NC(C)C. The quantitative estimate of drug-likeness (QED) is 0.675. The number of aromatic nitrogens is 3. The molecule has 2 aromatic heterocycles. The second-order valence-electron chi connectivity index (χ2n) is 9.63. The highest BCUT2D eigenvalue weighted by molar-refractivity contribution is 5.76. The van der Waals surface area contributed by atoms with E-state index in [1.54, 1.807) is 0 Å². The van der Waals surface area contributed by atoms with Gasteiger partial charge in [0.15, 0.2) is 5.65 Å².